The maximum absolute atomic E-state index is 9.40. The first kappa shape index (κ1) is 15.7. The third-order valence-electron chi connectivity index (χ3n) is 3.83. The summed E-state index contributed by atoms with van der Waals surface area (Å²) in [6.45, 7) is 8.65. The van der Waals surface area contributed by atoms with Gasteiger partial charge >= 0.3 is 0 Å². The lowest BCUT2D eigenvalue weighted by Crippen LogP contribution is -2.27. The highest BCUT2D eigenvalue weighted by Gasteiger charge is 2.25. The van der Waals surface area contributed by atoms with E-state index in [1.165, 1.54) is 16.7 Å². The van der Waals surface area contributed by atoms with Crippen LogP contribution >= 0.6 is 0 Å². The summed E-state index contributed by atoms with van der Waals surface area (Å²) in [5.41, 5.74) is 3.92. The Hall–Kier alpha value is -1.33. The Kier molecular flexibility index (Phi) is 5.57. The van der Waals surface area contributed by atoms with Crippen molar-refractivity contribution in [2.24, 2.45) is 5.92 Å². The molecule has 0 saturated heterocycles. The van der Waals surface area contributed by atoms with Crippen LogP contribution in [-0.4, -0.2) is 19.0 Å². The van der Waals surface area contributed by atoms with Crippen molar-refractivity contribution in [1.29, 1.82) is 5.26 Å². The first-order chi connectivity index (χ1) is 8.92. The average molecular weight is 258 g/mol. The van der Waals surface area contributed by atoms with Crippen LogP contribution in [0.4, 0.5) is 0 Å². The van der Waals surface area contributed by atoms with Crippen molar-refractivity contribution in [3.63, 3.8) is 0 Å². The second-order valence-electron chi connectivity index (χ2n) is 5.82. The number of benzene rings is 1. The van der Waals surface area contributed by atoms with Gasteiger partial charge in [0, 0.05) is 0 Å². The van der Waals surface area contributed by atoms with Crippen LogP contribution in [-0.2, 0) is 0 Å². The molecule has 2 atom stereocenters. The molecule has 0 aliphatic carbocycles. The Morgan fingerprint density at radius 2 is 1.89 bits per heavy atom. The highest BCUT2D eigenvalue weighted by Crippen LogP contribution is 2.32. The molecule has 1 aromatic rings. The van der Waals surface area contributed by atoms with Crippen molar-refractivity contribution >= 4 is 0 Å². The number of aryl methyl sites for hydroxylation is 1. The van der Waals surface area contributed by atoms with Crippen LogP contribution in [0.15, 0.2) is 18.2 Å². The van der Waals surface area contributed by atoms with Gasteiger partial charge in [-0.05, 0) is 50.0 Å². The van der Waals surface area contributed by atoms with Gasteiger partial charge in [0.1, 0.15) is 0 Å². The molecular weight excluding hydrogens is 232 g/mol. The van der Waals surface area contributed by atoms with Gasteiger partial charge in [-0.3, -0.25) is 0 Å². The number of hydrogen-bond acceptors (Lipinski definition) is 2. The Morgan fingerprint density at radius 3 is 2.32 bits per heavy atom. The molecule has 0 aromatic heterocycles. The smallest absolute Gasteiger partial charge is 0.0675 e. The maximum atomic E-state index is 9.40. The summed E-state index contributed by atoms with van der Waals surface area (Å²) in [6.07, 6.45) is 0.880. The zero-order valence-corrected chi connectivity index (χ0v) is 13.1. The summed E-state index contributed by atoms with van der Waals surface area (Å²) < 4.78 is 0. The van der Waals surface area contributed by atoms with Crippen molar-refractivity contribution in [3.05, 3.63) is 34.9 Å². The fourth-order valence-electron chi connectivity index (χ4n) is 2.58. The normalized spacial score (nSPS) is 14.5. The largest absolute Gasteiger partial charge is 0.301 e. The molecule has 19 heavy (non-hydrogen) atoms. The molecule has 0 saturated carbocycles. The van der Waals surface area contributed by atoms with Gasteiger partial charge in [-0.25, -0.2) is 0 Å². The molecule has 0 bridgehead atoms. The van der Waals surface area contributed by atoms with Gasteiger partial charge in [0.25, 0.3) is 0 Å². The van der Waals surface area contributed by atoms with E-state index in [1.807, 2.05) is 0 Å². The van der Waals surface area contributed by atoms with Crippen LogP contribution in [0.5, 0.6) is 0 Å². The molecule has 0 fully saturated rings. The van der Waals surface area contributed by atoms with Crippen LogP contribution in [0.2, 0.25) is 0 Å². The van der Waals surface area contributed by atoms with Crippen molar-refractivity contribution < 1.29 is 0 Å². The Balaban J connectivity index is 3.30. The van der Waals surface area contributed by atoms with Gasteiger partial charge in [-0.1, -0.05) is 39.0 Å². The maximum Gasteiger partial charge on any atom is 0.0675 e. The summed E-state index contributed by atoms with van der Waals surface area (Å²) in [7, 11) is 4.12. The van der Waals surface area contributed by atoms with Crippen LogP contribution in [0.25, 0.3) is 0 Å². The van der Waals surface area contributed by atoms with Crippen LogP contribution < -0.4 is 0 Å². The molecule has 2 unspecified atom stereocenters. The number of nitriles is 1. The van der Waals surface area contributed by atoms with E-state index in [1.54, 1.807) is 0 Å². The van der Waals surface area contributed by atoms with Gasteiger partial charge < -0.3 is 4.90 Å². The van der Waals surface area contributed by atoms with Crippen LogP contribution in [0, 0.1) is 24.2 Å². The summed E-state index contributed by atoms with van der Waals surface area (Å²) in [5, 5.41) is 9.40. The molecule has 0 amide bonds. The third-order valence-corrected chi connectivity index (χ3v) is 3.83. The van der Waals surface area contributed by atoms with Crippen LogP contribution in [0.1, 0.15) is 55.8 Å². The molecule has 0 radical (unpaired) electrons. The van der Waals surface area contributed by atoms with E-state index < -0.39 is 0 Å². The molecular formula is C17H26N2. The van der Waals surface area contributed by atoms with Gasteiger partial charge in [-0.2, -0.15) is 5.26 Å². The summed E-state index contributed by atoms with van der Waals surface area (Å²) in [5.74, 6) is 0.556. The van der Waals surface area contributed by atoms with Crippen molar-refractivity contribution in [1.82, 2.24) is 4.90 Å². The molecule has 104 valence electrons. The van der Waals surface area contributed by atoms with Gasteiger partial charge in [0.15, 0.2) is 0 Å². The topological polar surface area (TPSA) is 27.0 Å². The Morgan fingerprint density at radius 1 is 1.26 bits per heavy atom. The van der Waals surface area contributed by atoms with E-state index >= 15 is 0 Å². The molecule has 0 N–H and O–H groups in total. The molecule has 2 heteroatoms. The van der Waals surface area contributed by atoms with Crippen molar-refractivity contribution in [2.45, 2.75) is 46.1 Å². The Bertz CT molecular complexity index is 455. The van der Waals surface area contributed by atoms with Gasteiger partial charge in [0.05, 0.1) is 18.0 Å². The highest BCUT2D eigenvalue weighted by molar-refractivity contribution is 5.36. The first-order valence-electron chi connectivity index (χ1n) is 7.08. The standard InChI is InChI=1S/C17H26N2/c1-7-14(11-18)17(19(5)6)16-10-15(12(2)3)9-8-13(16)4/h8-10,12,14,17H,7H2,1-6H3. The van der Waals surface area contributed by atoms with Crippen LogP contribution in [0.3, 0.4) is 0 Å². The van der Waals surface area contributed by atoms with Gasteiger partial charge in [-0.15, -0.1) is 0 Å². The summed E-state index contributed by atoms with van der Waals surface area (Å²) in [6, 6.07) is 9.31. The quantitative estimate of drug-likeness (QED) is 0.788. The fourth-order valence-corrected chi connectivity index (χ4v) is 2.58. The van der Waals surface area contributed by atoms with Gasteiger partial charge in [0.2, 0.25) is 0 Å². The van der Waals surface area contributed by atoms with Crippen molar-refractivity contribution in [3.8, 4) is 6.07 Å². The zero-order valence-electron chi connectivity index (χ0n) is 13.1. The molecule has 0 heterocycles. The molecule has 0 aliphatic rings. The van der Waals surface area contributed by atoms with Crippen molar-refractivity contribution in [2.75, 3.05) is 14.1 Å². The van der Waals surface area contributed by atoms with E-state index in [4.69, 9.17) is 0 Å². The predicted octanol–water partition coefficient (Wildman–Crippen LogP) is 4.27. The lowest BCUT2D eigenvalue weighted by atomic mass is 9.86. The number of hydrogen-bond donors (Lipinski definition) is 0. The van der Waals surface area contributed by atoms with E-state index in [9.17, 15) is 5.26 Å². The minimum atomic E-state index is 0.0381. The Labute approximate surface area is 118 Å². The highest BCUT2D eigenvalue weighted by atomic mass is 15.1. The zero-order chi connectivity index (χ0) is 14.6. The average Bonchev–Trinajstić information content (AvgIpc) is 2.36. The van der Waals surface area contributed by atoms with E-state index in [2.05, 4.69) is 71.0 Å². The van der Waals surface area contributed by atoms with E-state index in [0.29, 0.717) is 5.92 Å². The third kappa shape index (κ3) is 3.58. The summed E-state index contributed by atoms with van der Waals surface area (Å²) >= 11 is 0. The minimum Gasteiger partial charge on any atom is -0.301 e. The van der Waals surface area contributed by atoms with E-state index in [-0.39, 0.29) is 12.0 Å². The fraction of sp³-hybridized carbons (Fsp3) is 0.588. The molecule has 0 spiro atoms. The van der Waals surface area contributed by atoms with E-state index in [0.717, 1.165) is 6.42 Å². The number of rotatable bonds is 5. The minimum absolute atomic E-state index is 0.0381. The molecule has 2 nitrogen and oxygen atoms in total. The second kappa shape index (κ2) is 6.73. The molecule has 0 aliphatic heterocycles. The SMILES string of the molecule is CCC(C#N)C(c1cc(C(C)C)ccc1C)N(C)C. The number of nitrogens with zero attached hydrogens (tertiary/aromatic N) is 2. The summed E-state index contributed by atoms with van der Waals surface area (Å²) in [4.78, 5) is 2.17. The first-order valence-corrected chi connectivity index (χ1v) is 7.08. The lowest BCUT2D eigenvalue weighted by molar-refractivity contribution is 0.240. The lowest BCUT2D eigenvalue weighted by Gasteiger charge is -2.30. The monoisotopic (exact) mass is 258 g/mol. The second-order valence-corrected chi connectivity index (χ2v) is 5.82. The predicted molar refractivity (Wildman–Crippen MR) is 81.1 cm³/mol. The molecule has 1 aromatic carbocycles. The molecule has 1 rings (SSSR count).